The van der Waals surface area contributed by atoms with E-state index in [1.807, 2.05) is 25.4 Å². The highest BCUT2D eigenvalue weighted by atomic mass is 16.2. The Hall–Kier alpha value is -3.55. The van der Waals surface area contributed by atoms with Crippen LogP contribution in [0.2, 0.25) is 0 Å². The zero-order chi connectivity index (χ0) is 20.7. The first kappa shape index (κ1) is 18.5. The van der Waals surface area contributed by atoms with Crippen molar-refractivity contribution in [2.45, 2.75) is 45.2 Å². The van der Waals surface area contributed by atoms with Gasteiger partial charge in [-0.05, 0) is 31.4 Å². The second-order valence-corrected chi connectivity index (χ2v) is 7.76. The van der Waals surface area contributed by atoms with E-state index in [1.165, 1.54) is 0 Å². The lowest BCUT2D eigenvalue weighted by atomic mass is 10.0. The number of anilines is 1. The Labute approximate surface area is 174 Å². The van der Waals surface area contributed by atoms with Gasteiger partial charge in [-0.25, -0.2) is 9.97 Å². The molecule has 8 heteroatoms. The number of nitrogens with zero attached hydrogens (tertiary/aromatic N) is 5. The second-order valence-electron chi connectivity index (χ2n) is 7.76. The average Bonchev–Trinajstić information content (AvgIpc) is 3.25. The van der Waals surface area contributed by atoms with Crippen LogP contribution in [0.4, 0.5) is 5.95 Å². The van der Waals surface area contributed by atoms with Gasteiger partial charge >= 0.3 is 0 Å². The second kappa shape index (κ2) is 7.37. The van der Waals surface area contributed by atoms with Crippen molar-refractivity contribution in [1.29, 1.82) is 0 Å². The van der Waals surface area contributed by atoms with E-state index in [-0.39, 0.29) is 18.4 Å². The Morgan fingerprint density at radius 1 is 1.23 bits per heavy atom. The molecular formula is C22H23N7O. The smallest absolute Gasteiger partial charge is 0.241 e. The molecule has 1 saturated carbocycles. The summed E-state index contributed by atoms with van der Waals surface area (Å²) < 4.78 is 1.66. The van der Waals surface area contributed by atoms with Gasteiger partial charge in [-0.3, -0.25) is 14.5 Å². The maximum Gasteiger partial charge on any atom is 0.241 e. The van der Waals surface area contributed by atoms with Gasteiger partial charge in [-0.15, -0.1) is 0 Å². The molecule has 0 unspecified atom stereocenters. The highest BCUT2D eigenvalue weighted by molar-refractivity contribution is 5.84. The van der Waals surface area contributed by atoms with Crippen LogP contribution in [-0.2, 0) is 24.2 Å². The molecule has 0 atom stereocenters. The summed E-state index contributed by atoms with van der Waals surface area (Å²) >= 11 is 0. The average molecular weight is 401 g/mol. The fourth-order valence-electron chi connectivity index (χ4n) is 3.68. The number of nitrogen functional groups attached to an aromatic ring is 1. The van der Waals surface area contributed by atoms with Crippen LogP contribution in [0.15, 0.2) is 36.8 Å². The largest absolute Gasteiger partial charge is 0.368 e. The van der Waals surface area contributed by atoms with Gasteiger partial charge in [-0.1, -0.05) is 13.0 Å². The predicted octanol–water partition coefficient (Wildman–Crippen LogP) is 2.15. The molecule has 2 aliphatic rings. The van der Waals surface area contributed by atoms with E-state index >= 15 is 0 Å². The van der Waals surface area contributed by atoms with Gasteiger partial charge in [0.2, 0.25) is 11.9 Å². The number of amides is 1. The Morgan fingerprint density at radius 2 is 2.10 bits per heavy atom. The molecule has 2 aliphatic carbocycles. The van der Waals surface area contributed by atoms with Gasteiger partial charge in [0, 0.05) is 52.8 Å². The molecule has 30 heavy (non-hydrogen) atoms. The number of allylic oxidation sites excluding steroid dienone is 1. The summed E-state index contributed by atoms with van der Waals surface area (Å²) in [6.07, 6.45) is 11.3. The third kappa shape index (κ3) is 3.68. The zero-order valence-electron chi connectivity index (χ0n) is 16.8. The summed E-state index contributed by atoms with van der Waals surface area (Å²) in [7, 11) is 0. The molecule has 0 aromatic carbocycles. The number of aryl methyl sites for hydroxylation is 1. The predicted molar refractivity (Wildman–Crippen MR) is 113 cm³/mol. The van der Waals surface area contributed by atoms with Crippen molar-refractivity contribution in [3.8, 4) is 11.1 Å². The van der Waals surface area contributed by atoms with Crippen molar-refractivity contribution in [1.82, 2.24) is 30.0 Å². The number of carbonyl (C=O) groups excluding carboxylic acids is 1. The van der Waals surface area contributed by atoms with Crippen LogP contribution in [0.3, 0.4) is 0 Å². The Kier molecular flexibility index (Phi) is 4.54. The fraction of sp³-hybridized carbons (Fsp3) is 0.318. The lowest BCUT2D eigenvalue weighted by Gasteiger charge is -2.09. The third-order valence-electron chi connectivity index (χ3n) is 5.41. The summed E-state index contributed by atoms with van der Waals surface area (Å²) in [6.45, 7) is 2.27. The molecule has 152 valence electrons. The van der Waals surface area contributed by atoms with Gasteiger partial charge in [0.25, 0.3) is 0 Å². The molecule has 0 bridgehead atoms. The minimum Gasteiger partial charge on any atom is -0.368 e. The summed E-state index contributed by atoms with van der Waals surface area (Å²) in [5.41, 5.74) is 12.6. The van der Waals surface area contributed by atoms with Gasteiger partial charge in [-0.2, -0.15) is 5.10 Å². The molecule has 3 heterocycles. The van der Waals surface area contributed by atoms with Crippen LogP contribution in [0.1, 0.15) is 42.4 Å². The van der Waals surface area contributed by atoms with E-state index in [2.05, 4.69) is 37.5 Å². The highest BCUT2D eigenvalue weighted by Crippen LogP contribution is 2.34. The molecule has 1 fully saturated rings. The molecule has 3 aromatic rings. The molecule has 0 aliphatic heterocycles. The van der Waals surface area contributed by atoms with Crippen molar-refractivity contribution in [3.05, 3.63) is 59.4 Å². The van der Waals surface area contributed by atoms with E-state index in [1.54, 1.807) is 10.9 Å². The number of carbonyl (C=O) groups is 1. The minimum absolute atomic E-state index is 0.00229. The number of rotatable bonds is 6. The molecule has 0 radical (unpaired) electrons. The highest BCUT2D eigenvalue weighted by Gasteiger charge is 2.23. The van der Waals surface area contributed by atoms with Crippen LogP contribution in [0.25, 0.3) is 16.7 Å². The number of aromatic nitrogens is 5. The van der Waals surface area contributed by atoms with Gasteiger partial charge in [0.15, 0.2) is 0 Å². The molecule has 0 spiro atoms. The normalized spacial score (nSPS) is 15.0. The Bertz CT molecular complexity index is 1160. The maximum atomic E-state index is 12.0. The minimum atomic E-state index is -0.00229. The number of hydrogen-bond donors (Lipinski definition) is 2. The van der Waals surface area contributed by atoms with Gasteiger partial charge < -0.3 is 11.1 Å². The molecule has 5 rings (SSSR count). The zero-order valence-corrected chi connectivity index (χ0v) is 16.8. The van der Waals surface area contributed by atoms with Crippen LogP contribution < -0.4 is 11.1 Å². The monoisotopic (exact) mass is 401 g/mol. The molecule has 0 saturated heterocycles. The summed E-state index contributed by atoms with van der Waals surface area (Å²) in [6, 6.07) is 4.44. The number of fused-ring (bicyclic) bond motifs is 1. The Morgan fingerprint density at radius 3 is 2.90 bits per heavy atom. The summed E-state index contributed by atoms with van der Waals surface area (Å²) in [5.74, 6) is 0.283. The number of hydrogen-bond acceptors (Lipinski definition) is 6. The number of nitrogens with one attached hydrogen (secondary N) is 1. The van der Waals surface area contributed by atoms with Crippen molar-refractivity contribution in [3.63, 3.8) is 0 Å². The molecule has 8 nitrogen and oxygen atoms in total. The standard InChI is InChI=1S/C22H23N7O/c1-2-15-8-20(28-22(23)27-15)17-5-6-19-18(17)7-13(9-24-19)14-10-25-29(11-14)12-21(30)26-16-3-4-16/h5,7-11,16H,2-4,6,12H2,1H3,(H,26,30)(H2,23,27,28). The van der Waals surface area contributed by atoms with Crippen molar-refractivity contribution >= 4 is 17.4 Å². The van der Waals surface area contributed by atoms with E-state index in [9.17, 15) is 4.79 Å². The topological polar surface area (TPSA) is 112 Å². The van der Waals surface area contributed by atoms with Crippen molar-refractivity contribution in [2.24, 2.45) is 0 Å². The first-order valence-corrected chi connectivity index (χ1v) is 10.2. The molecule has 1 amide bonds. The van der Waals surface area contributed by atoms with E-state index in [0.29, 0.717) is 6.04 Å². The first-order chi connectivity index (χ1) is 14.6. The SMILES string of the molecule is CCc1cc(C2=CCc3ncc(-c4cnn(CC(=O)NC5CC5)c4)cc32)nc(N)n1. The summed E-state index contributed by atoms with van der Waals surface area (Å²) in [4.78, 5) is 25.4. The summed E-state index contributed by atoms with van der Waals surface area (Å²) in [5, 5.41) is 7.32. The quantitative estimate of drug-likeness (QED) is 0.655. The lowest BCUT2D eigenvalue weighted by molar-refractivity contribution is -0.122. The molecule has 3 aromatic heterocycles. The van der Waals surface area contributed by atoms with Crippen LogP contribution in [0.5, 0.6) is 0 Å². The van der Waals surface area contributed by atoms with Crippen molar-refractivity contribution < 1.29 is 4.79 Å². The number of pyridine rings is 1. The number of nitrogens with two attached hydrogens (primary N) is 1. The lowest BCUT2D eigenvalue weighted by Crippen LogP contribution is -2.29. The van der Waals surface area contributed by atoms with Gasteiger partial charge in [0.1, 0.15) is 6.54 Å². The third-order valence-corrected chi connectivity index (χ3v) is 5.41. The van der Waals surface area contributed by atoms with Crippen molar-refractivity contribution in [2.75, 3.05) is 5.73 Å². The fourth-order valence-corrected chi connectivity index (χ4v) is 3.68. The van der Waals surface area contributed by atoms with Crippen LogP contribution in [-0.4, -0.2) is 36.7 Å². The molecule has 3 N–H and O–H groups in total. The Balaban J connectivity index is 1.41. The van der Waals surface area contributed by atoms with E-state index < -0.39 is 0 Å². The van der Waals surface area contributed by atoms with Crippen LogP contribution >= 0.6 is 0 Å². The molecular weight excluding hydrogens is 378 g/mol. The maximum absolute atomic E-state index is 12.0. The first-order valence-electron chi connectivity index (χ1n) is 10.2. The van der Waals surface area contributed by atoms with Crippen LogP contribution in [0, 0.1) is 0 Å². The van der Waals surface area contributed by atoms with Gasteiger partial charge in [0.05, 0.1) is 17.6 Å². The van der Waals surface area contributed by atoms with E-state index in [4.69, 9.17) is 5.73 Å². The van der Waals surface area contributed by atoms with E-state index in [0.717, 1.165) is 65.0 Å².